The number of ether oxygens (including phenoxy) is 2. The van der Waals surface area contributed by atoms with Crippen LogP contribution < -0.4 is 9.47 Å². The summed E-state index contributed by atoms with van der Waals surface area (Å²) in [5.74, 6) is -1.70. The fraction of sp³-hybridized carbons (Fsp3) is 0.133. The zero-order valence-corrected chi connectivity index (χ0v) is 13.9. The van der Waals surface area contributed by atoms with Crippen LogP contribution in [-0.4, -0.2) is 24.4 Å². The highest BCUT2D eigenvalue weighted by atomic mass is 127. The van der Waals surface area contributed by atoms with E-state index in [1.165, 1.54) is 20.3 Å². The molecule has 1 heterocycles. The molecular formula is C15H11F2IN2O2. The van der Waals surface area contributed by atoms with Gasteiger partial charge in [-0.1, -0.05) is 6.07 Å². The van der Waals surface area contributed by atoms with Crippen LogP contribution in [0.1, 0.15) is 0 Å². The van der Waals surface area contributed by atoms with Gasteiger partial charge >= 0.3 is 0 Å². The van der Waals surface area contributed by atoms with Gasteiger partial charge in [0.05, 0.1) is 25.3 Å². The van der Waals surface area contributed by atoms with Gasteiger partial charge in [-0.05, 0) is 40.3 Å². The van der Waals surface area contributed by atoms with Crippen molar-refractivity contribution in [3.63, 3.8) is 0 Å². The van der Waals surface area contributed by atoms with Crippen molar-refractivity contribution in [2.75, 3.05) is 14.2 Å². The average Bonchev–Trinajstić information content (AvgIpc) is 2.89. The molecule has 0 amide bonds. The van der Waals surface area contributed by atoms with Gasteiger partial charge in [0.25, 0.3) is 0 Å². The zero-order valence-electron chi connectivity index (χ0n) is 11.7. The van der Waals surface area contributed by atoms with Crippen molar-refractivity contribution >= 4 is 33.5 Å². The van der Waals surface area contributed by atoms with Crippen LogP contribution in [-0.2, 0) is 0 Å². The molecular weight excluding hydrogens is 405 g/mol. The van der Waals surface area contributed by atoms with E-state index >= 15 is 0 Å². The molecule has 3 aromatic rings. The Morgan fingerprint density at radius 3 is 2.27 bits per heavy atom. The van der Waals surface area contributed by atoms with Crippen molar-refractivity contribution in [3.8, 4) is 22.6 Å². The molecule has 0 saturated heterocycles. The second-order valence-corrected chi connectivity index (χ2v) is 5.63. The van der Waals surface area contributed by atoms with Gasteiger partial charge in [0.2, 0.25) is 0 Å². The summed E-state index contributed by atoms with van der Waals surface area (Å²) >= 11 is 2.11. The highest BCUT2D eigenvalue weighted by Gasteiger charge is 2.22. The predicted octanol–water partition coefficient (Wildman–Crippen LogP) is 4.13. The number of hydrogen-bond donors (Lipinski definition) is 1. The molecule has 3 rings (SSSR count). The number of rotatable bonds is 3. The highest BCUT2D eigenvalue weighted by molar-refractivity contribution is 14.1. The van der Waals surface area contributed by atoms with Crippen LogP contribution in [0.15, 0.2) is 24.3 Å². The van der Waals surface area contributed by atoms with Gasteiger partial charge in [0, 0.05) is 11.5 Å². The number of hydrogen-bond acceptors (Lipinski definition) is 3. The van der Waals surface area contributed by atoms with Crippen molar-refractivity contribution in [2.24, 2.45) is 0 Å². The van der Waals surface area contributed by atoms with Crippen LogP contribution in [0.25, 0.3) is 22.0 Å². The fourth-order valence-electron chi connectivity index (χ4n) is 2.27. The molecule has 0 spiro atoms. The second-order valence-electron chi connectivity index (χ2n) is 4.55. The lowest BCUT2D eigenvalue weighted by atomic mass is 10.0. The van der Waals surface area contributed by atoms with E-state index in [0.717, 1.165) is 9.09 Å². The Balaban J connectivity index is 2.28. The van der Waals surface area contributed by atoms with Gasteiger partial charge in [0.1, 0.15) is 3.70 Å². The van der Waals surface area contributed by atoms with Crippen LogP contribution in [0.5, 0.6) is 11.5 Å². The molecule has 0 saturated carbocycles. The van der Waals surface area contributed by atoms with Gasteiger partial charge in [-0.15, -0.1) is 0 Å². The molecule has 1 aromatic heterocycles. The van der Waals surface area contributed by atoms with E-state index in [1.54, 1.807) is 18.2 Å². The van der Waals surface area contributed by atoms with Crippen molar-refractivity contribution in [1.29, 1.82) is 0 Å². The Kier molecular flexibility index (Phi) is 3.90. The summed E-state index contributed by atoms with van der Waals surface area (Å²) in [5.41, 5.74) is 0.793. The number of nitrogens with one attached hydrogen (secondary N) is 1. The van der Waals surface area contributed by atoms with Crippen LogP contribution in [0.3, 0.4) is 0 Å². The topological polar surface area (TPSA) is 47.1 Å². The van der Waals surface area contributed by atoms with E-state index in [4.69, 9.17) is 9.47 Å². The van der Waals surface area contributed by atoms with E-state index in [0.29, 0.717) is 11.1 Å². The molecule has 4 nitrogen and oxygen atoms in total. The summed E-state index contributed by atoms with van der Waals surface area (Å²) in [6.07, 6.45) is 0. The number of aromatic nitrogens is 2. The normalized spacial score (nSPS) is 11.0. The molecule has 7 heteroatoms. The molecule has 22 heavy (non-hydrogen) atoms. The molecule has 0 aliphatic carbocycles. The molecule has 0 bridgehead atoms. The zero-order chi connectivity index (χ0) is 15.9. The van der Waals surface area contributed by atoms with Crippen LogP contribution in [0.2, 0.25) is 0 Å². The summed E-state index contributed by atoms with van der Waals surface area (Å²) in [4.78, 5) is 0. The lowest BCUT2D eigenvalue weighted by Crippen LogP contribution is -1.99. The molecule has 0 radical (unpaired) electrons. The minimum absolute atomic E-state index is 0.0787. The number of aromatic amines is 1. The summed E-state index contributed by atoms with van der Waals surface area (Å²) in [5, 5.41) is 7.83. The maximum Gasteiger partial charge on any atom is 0.176 e. The Bertz CT molecular complexity index is 836. The Morgan fingerprint density at radius 2 is 1.68 bits per heavy atom. The largest absolute Gasteiger partial charge is 0.494 e. The SMILES string of the molecule is COc1cc(OC)c(F)c(-c2ccc3c(I)[nH]nc3c2)c1F. The number of fused-ring (bicyclic) bond motifs is 1. The van der Waals surface area contributed by atoms with Crippen LogP contribution >= 0.6 is 22.6 Å². The van der Waals surface area contributed by atoms with Crippen molar-refractivity contribution < 1.29 is 18.3 Å². The smallest absolute Gasteiger partial charge is 0.176 e. The monoisotopic (exact) mass is 416 g/mol. The predicted molar refractivity (Wildman–Crippen MR) is 87.3 cm³/mol. The first-order chi connectivity index (χ1) is 10.6. The third kappa shape index (κ3) is 2.29. The second kappa shape index (κ2) is 5.71. The van der Waals surface area contributed by atoms with Gasteiger partial charge in [-0.25, -0.2) is 8.78 Å². The Labute approximate surface area is 138 Å². The molecule has 114 valence electrons. The summed E-state index contributed by atoms with van der Waals surface area (Å²) < 4.78 is 39.7. The summed E-state index contributed by atoms with van der Waals surface area (Å²) in [7, 11) is 2.64. The van der Waals surface area contributed by atoms with Gasteiger partial charge in [-0.2, -0.15) is 5.10 Å². The van der Waals surface area contributed by atoms with Gasteiger partial charge in [0.15, 0.2) is 23.1 Å². The minimum atomic E-state index is -0.773. The van der Waals surface area contributed by atoms with Crippen molar-refractivity contribution in [2.45, 2.75) is 0 Å². The summed E-state index contributed by atoms with van der Waals surface area (Å²) in [6.45, 7) is 0. The van der Waals surface area contributed by atoms with E-state index in [1.807, 2.05) is 0 Å². The molecule has 0 atom stereocenters. The van der Waals surface area contributed by atoms with Gasteiger partial charge < -0.3 is 9.47 Å². The van der Waals surface area contributed by atoms with Crippen LogP contribution in [0.4, 0.5) is 8.78 Å². The van der Waals surface area contributed by atoms with E-state index in [9.17, 15) is 8.78 Å². The van der Waals surface area contributed by atoms with E-state index in [2.05, 4.69) is 32.8 Å². The minimum Gasteiger partial charge on any atom is -0.494 e. The Hall–Kier alpha value is -1.90. The maximum absolute atomic E-state index is 14.5. The fourth-order valence-corrected chi connectivity index (χ4v) is 2.85. The van der Waals surface area contributed by atoms with E-state index in [-0.39, 0.29) is 17.1 Å². The first-order valence-electron chi connectivity index (χ1n) is 6.30. The summed E-state index contributed by atoms with van der Waals surface area (Å²) in [6, 6.07) is 6.21. The third-order valence-electron chi connectivity index (χ3n) is 3.37. The van der Waals surface area contributed by atoms with E-state index < -0.39 is 11.6 Å². The Morgan fingerprint density at radius 1 is 1.05 bits per heavy atom. The number of benzene rings is 2. The molecule has 0 aliphatic rings. The molecule has 0 fully saturated rings. The molecule has 2 aromatic carbocycles. The standard InChI is InChI=1S/C15H11F2IN2O2/c1-21-10-6-11(22-2)14(17)12(13(10)16)7-3-4-8-9(5-7)19-20-15(8)18/h3-6H,1-2H3,(H,19,20). The highest BCUT2D eigenvalue weighted by Crippen LogP contribution is 2.38. The third-order valence-corrected chi connectivity index (χ3v) is 4.19. The lowest BCUT2D eigenvalue weighted by Gasteiger charge is -2.12. The first-order valence-corrected chi connectivity index (χ1v) is 7.38. The number of nitrogens with zero attached hydrogens (tertiary/aromatic N) is 1. The maximum atomic E-state index is 14.5. The van der Waals surface area contributed by atoms with Crippen molar-refractivity contribution in [1.82, 2.24) is 10.2 Å². The molecule has 1 N–H and O–H groups in total. The quantitative estimate of drug-likeness (QED) is 0.654. The van der Waals surface area contributed by atoms with Crippen LogP contribution in [0, 0.1) is 15.3 Å². The number of H-pyrrole nitrogens is 1. The molecule has 0 unspecified atom stereocenters. The lowest BCUT2D eigenvalue weighted by molar-refractivity contribution is 0.360. The number of methoxy groups -OCH3 is 2. The van der Waals surface area contributed by atoms with Gasteiger partial charge in [-0.3, -0.25) is 5.10 Å². The average molecular weight is 416 g/mol. The molecule has 0 aliphatic heterocycles. The number of halogens is 3. The first kappa shape index (κ1) is 15.0. The van der Waals surface area contributed by atoms with Crippen molar-refractivity contribution in [3.05, 3.63) is 39.6 Å².